The SMILES string of the molecule is Cc1ccccc1CN(C)C(=O)c1nn(-c2ccc(F)cc2)c(CC[C@@H](O)C[C@@H](O)CC(=O)O)c1C(C)C.[NaH]. The van der Waals surface area contributed by atoms with Gasteiger partial charge in [0.1, 0.15) is 5.82 Å². The number of carbonyl (C=O) groups is 2. The van der Waals surface area contributed by atoms with Gasteiger partial charge < -0.3 is 20.2 Å². The zero-order chi connectivity index (χ0) is 28.0. The summed E-state index contributed by atoms with van der Waals surface area (Å²) >= 11 is 0. The van der Waals surface area contributed by atoms with Crippen LogP contribution in [0.2, 0.25) is 0 Å². The molecule has 0 aliphatic heterocycles. The van der Waals surface area contributed by atoms with Crippen LogP contribution < -0.4 is 0 Å². The second-order valence-electron chi connectivity index (χ2n) is 10.0. The normalized spacial score (nSPS) is 12.6. The summed E-state index contributed by atoms with van der Waals surface area (Å²) in [5, 5.41) is 34.0. The van der Waals surface area contributed by atoms with Gasteiger partial charge in [-0.1, -0.05) is 38.1 Å². The third-order valence-corrected chi connectivity index (χ3v) is 6.56. The standard InChI is InChI=1S/C29H36FN3O5.Na.H/c1-18(2)27-25(14-13-23(34)15-24(35)16-26(36)37)33(22-11-9-21(30)10-12-22)31-28(27)29(38)32(4)17-20-8-6-5-7-19(20)3;;/h5-12,18,23-24,34-35H,13-17H2,1-4H3,(H,36,37);;/t23-,24-;;/m1../s1. The fourth-order valence-electron chi connectivity index (χ4n) is 4.58. The molecule has 1 aromatic heterocycles. The predicted octanol–water partition coefficient (Wildman–Crippen LogP) is 3.59. The Kier molecular flexibility index (Phi) is 12.3. The number of halogens is 1. The van der Waals surface area contributed by atoms with Crippen LogP contribution in [-0.2, 0) is 17.8 Å². The number of nitrogens with zero attached hydrogens (tertiary/aromatic N) is 3. The number of aliphatic hydroxyl groups is 2. The molecule has 1 heterocycles. The van der Waals surface area contributed by atoms with Crippen molar-refractivity contribution in [2.24, 2.45) is 0 Å². The van der Waals surface area contributed by atoms with Crippen molar-refractivity contribution in [2.45, 2.75) is 71.1 Å². The van der Waals surface area contributed by atoms with Gasteiger partial charge in [0.05, 0.1) is 24.3 Å². The van der Waals surface area contributed by atoms with Crippen molar-refractivity contribution in [1.82, 2.24) is 14.7 Å². The van der Waals surface area contributed by atoms with Gasteiger partial charge in [0, 0.05) is 24.8 Å². The van der Waals surface area contributed by atoms with E-state index in [1.165, 1.54) is 12.1 Å². The number of rotatable bonds is 12. The molecular weight excluding hydrogens is 512 g/mol. The monoisotopic (exact) mass is 549 g/mol. The van der Waals surface area contributed by atoms with E-state index >= 15 is 0 Å². The summed E-state index contributed by atoms with van der Waals surface area (Å²) in [7, 11) is 1.73. The van der Waals surface area contributed by atoms with Gasteiger partial charge in [0.25, 0.3) is 5.91 Å². The molecule has 39 heavy (non-hydrogen) atoms. The average Bonchev–Trinajstić information content (AvgIpc) is 3.23. The van der Waals surface area contributed by atoms with Crippen LogP contribution in [0.3, 0.4) is 0 Å². The fourth-order valence-corrected chi connectivity index (χ4v) is 4.58. The molecule has 0 bridgehead atoms. The van der Waals surface area contributed by atoms with Crippen molar-refractivity contribution >= 4 is 41.4 Å². The van der Waals surface area contributed by atoms with E-state index in [4.69, 9.17) is 5.11 Å². The molecule has 2 atom stereocenters. The molecule has 2 aromatic carbocycles. The maximum atomic E-state index is 13.7. The maximum absolute atomic E-state index is 13.7. The molecule has 1 amide bonds. The van der Waals surface area contributed by atoms with Gasteiger partial charge >= 0.3 is 35.5 Å². The first kappa shape index (κ1) is 32.7. The predicted molar refractivity (Wildman–Crippen MR) is 149 cm³/mol. The second kappa shape index (κ2) is 14.7. The van der Waals surface area contributed by atoms with Crippen molar-refractivity contribution < 1.29 is 29.3 Å². The van der Waals surface area contributed by atoms with Crippen molar-refractivity contribution in [2.75, 3.05) is 7.05 Å². The van der Waals surface area contributed by atoms with E-state index in [1.54, 1.807) is 28.8 Å². The minimum atomic E-state index is -1.17. The summed E-state index contributed by atoms with van der Waals surface area (Å²) in [5.74, 6) is -1.88. The number of aliphatic hydroxyl groups excluding tert-OH is 2. The zero-order valence-corrected chi connectivity index (χ0v) is 22.3. The van der Waals surface area contributed by atoms with Gasteiger partial charge in [-0.15, -0.1) is 0 Å². The number of carboxylic acid groups (broad SMARTS) is 1. The van der Waals surface area contributed by atoms with Crippen LogP contribution in [0.25, 0.3) is 5.69 Å². The molecule has 3 rings (SSSR count). The molecule has 0 saturated heterocycles. The summed E-state index contributed by atoms with van der Waals surface area (Å²) in [5.41, 5.74) is 4.39. The van der Waals surface area contributed by atoms with Gasteiger partial charge in [0.15, 0.2) is 5.69 Å². The first-order valence-corrected chi connectivity index (χ1v) is 12.7. The topological polar surface area (TPSA) is 116 Å². The van der Waals surface area contributed by atoms with Crippen molar-refractivity contribution in [3.8, 4) is 5.69 Å². The van der Waals surface area contributed by atoms with Crippen LogP contribution in [0.1, 0.15) is 71.9 Å². The van der Waals surface area contributed by atoms with E-state index in [2.05, 4.69) is 5.10 Å². The van der Waals surface area contributed by atoms with Gasteiger partial charge in [-0.25, -0.2) is 9.07 Å². The third kappa shape index (κ3) is 8.71. The van der Waals surface area contributed by atoms with Gasteiger partial charge in [-0.3, -0.25) is 9.59 Å². The first-order valence-electron chi connectivity index (χ1n) is 12.7. The van der Waals surface area contributed by atoms with Crippen molar-refractivity contribution in [3.05, 3.63) is 82.4 Å². The Hall–Kier alpha value is -2.56. The van der Waals surface area contributed by atoms with E-state index in [1.807, 2.05) is 45.0 Å². The van der Waals surface area contributed by atoms with Crippen LogP contribution >= 0.6 is 0 Å². The van der Waals surface area contributed by atoms with Crippen molar-refractivity contribution in [1.29, 1.82) is 0 Å². The number of aliphatic carboxylic acids is 1. The Morgan fingerprint density at radius 2 is 1.69 bits per heavy atom. The molecule has 3 aromatic rings. The molecule has 206 valence electrons. The molecule has 0 aliphatic carbocycles. The summed E-state index contributed by atoms with van der Waals surface area (Å²) in [6.45, 7) is 6.32. The number of benzene rings is 2. The van der Waals surface area contributed by atoms with E-state index in [9.17, 15) is 24.2 Å². The Morgan fingerprint density at radius 3 is 2.28 bits per heavy atom. The summed E-state index contributed by atoms with van der Waals surface area (Å²) < 4.78 is 15.3. The van der Waals surface area contributed by atoms with Crippen LogP contribution in [0.5, 0.6) is 0 Å². The summed E-state index contributed by atoms with van der Waals surface area (Å²) in [4.78, 5) is 26.1. The van der Waals surface area contributed by atoms with Crippen LogP contribution in [-0.4, -0.2) is 90.7 Å². The number of carbonyl (C=O) groups excluding carboxylic acids is 1. The Balaban J connectivity index is 0.00000533. The van der Waals surface area contributed by atoms with E-state index in [0.29, 0.717) is 24.3 Å². The average molecular weight is 550 g/mol. The van der Waals surface area contributed by atoms with Crippen LogP contribution in [0.15, 0.2) is 48.5 Å². The van der Waals surface area contributed by atoms with Crippen LogP contribution in [0.4, 0.5) is 4.39 Å². The fraction of sp³-hybridized carbons (Fsp3) is 0.414. The van der Waals surface area contributed by atoms with Gasteiger partial charge in [0.2, 0.25) is 0 Å². The number of hydrogen-bond acceptors (Lipinski definition) is 5. The molecule has 0 saturated carbocycles. The molecule has 0 spiro atoms. The molecule has 8 nitrogen and oxygen atoms in total. The summed E-state index contributed by atoms with van der Waals surface area (Å²) in [6, 6.07) is 13.6. The molecule has 0 radical (unpaired) electrons. The van der Waals surface area contributed by atoms with Gasteiger partial charge in [-0.2, -0.15) is 5.10 Å². The quantitative estimate of drug-likeness (QED) is 0.298. The Bertz CT molecular complexity index is 1260. The van der Waals surface area contributed by atoms with Gasteiger partial charge in [-0.05, 0) is 67.5 Å². The molecule has 10 heteroatoms. The Labute approximate surface area is 250 Å². The van der Waals surface area contributed by atoms with E-state index in [-0.39, 0.29) is 59.9 Å². The van der Waals surface area contributed by atoms with E-state index < -0.39 is 30.4 Å². The summed E-state index contributed by atoms with van der Waals surface area (Å²) in [6.07, 6.45) is -2.12. The van der Waals surface area contributed by atoms with Crippen LogP contribution in [0, 0.1) is 12.7 Å². The number of aromatic nitrogens is 2. The molecule has 0 fully saturated rings. The zero-order valence-electron chi connectivity index (χ0n) is 22.3. The first-order chi connectivity index (χ1) is 18.0. The number of carboxylic acids is 1. The third-order valence-electron chi connectivity index (χ3n) is 6.56. The van der Waals surface area contributed by atoms with Crippen molar-refractivity contribution in [3.63, 3.8) is 0 Å². The molecule has 3 N–H and O–H groups in total. The molecular formula is C29H37FN3NaO5. The number of amides is 1. The number of hydrogen-bond donors (Lipinski definition) is 3. The Morgan fingerprint density at radius 1 is 1.05 bits per heavy atom. The number of aryl methyl sites for hydroxylation is 1. The second-order valence-corrected chi connectivity index (χ2v) is 10.0. The molecule has 0 unspecified atom stereocenters. The molecule has 0 aliphatic rings. The minimum absolute atomic E-state index is 0. The van der Waals surface area contributed by atoms with E-state index in [0.717, 1.165) is 16.7 Å².